The Labute approximate surface area is 178 Å². The van der Waals surface area contributed by atoms with Crippen LogP contribution in [0.15, 0.2) is 47.4 Å². The predicted octanol–water partition coefficient (Wildman–Crippen LogP) is 0.991. The van der Waals surface area contributed by atoms with Crippen LogP contribution in [-0.2, 0) is 4.74 Å². The number of hydrogen-bond donors (Lipinski definition) is 5. The van der Waals surface area contributed by atoms with Crippen molar-refractivity contribution in [2.45, 2.75) is 44.6 Å². The summed E-state index contributed by atoms with van der Waals surface area (Å²) in [5, 5.41) is 41.0. The van der Waals surface area contributed by atoms with Crippen LogP contribution in [0.1, 0.15) is 11.1 Å². The van der Waals surface area contributed by atoms with Gasteiger partial charge < -0.3 is 34.9 Å². The van der Waals surface area contributed by atoms with E-state index >= 15 is 0 Å². The number of aliphatic hydroxyl groups excluding tert-OH is 4. The van der Waals surface area contributed by atoms with Crippen molar-refractivity contribution in [1.29, 1.82) is 0 Å². The van der Waals surface area contributed by atoms with Crippen molar-refractivity contribution in [2.24, 2.45) is 0 Å². The average molecular weight is 427 g/mol. The lowest BCUT2D eigenvalue weighted by molar-refractivity contribution is -0.277. The zero-order valence-electron chi connectivity index (χ0n) is 17.1. The maximum absolute atomic E-state index is 12.1. The summed E-state index contributed by atoms with van der Waals surface area (Å²) in [4.78, 5) is 14.8. The molecule has 0 aliphatic carbocycles. The summed E-state index contributed by atoms with van der Waals surface area (Å²) in [5.41, 5.74) is 3.12. The number of nitrogens with one attached hydrogen (secondary N) is 1. The van der Waals surface area contributed by atoms with Gasteiger partial charge in [-0.1, -0.05) is 12.1 Å². The largest absolute Gasteiger partial charge is 0.461 e. The summed E-state index contributed by atoms with van der Waals surface area (Å²) in [6.45, 7) is 3.15. The number of aromatic nitrogens is 1. The molecule has 1 aliphatic heterocycles. The van der Waals surface area contributed by atoms with E-state index < -0.39 is 37.3 Å². The third-order valence-corrected chi connectivity index (χ3v) is 5.65. The van der Waals surface area contributed by atoms with Crippen molar-refractivity contribution in [1.82, 2.24) is 4.98 Å². The highest BCUT2D eigenvalue weighted by molar-refractivity contribution is 5.86. The quantitative estimate of drug-likeness (QED) is 0.419. The fourth-order valence-electron chi connectivity index (χ4n) is 3.95. The van der Waals surface area contributed by atoms with Crippen LogP contribution in [0.5, 0.6) is 5.75 Å². The van der Waals surface area contributed by atoms with Crippen molar-refractivity contribution in [3.63, 3.8) is 0 Å². The van der Waals surface area contributed by atoms with Gasteiger partial charge >= 0.3 is 0 Å². The molecule has 2 aromatic carbocycles. The first-order chi connectivity index (χ1) is 14.8. The maximum atomic E-state index is 12.1. The van der Waals surface area contributed by atoms with Crippen LogP contribution in [0.3, 0.4) is 0 Å². The molecule has 1 aromatic heterocycles. The molecule has 1 aliphatic rings. The molecule has 31 heavy (non-hydrogen) atoms. The van der Waals surface area contributed by atoms with Gasteiger partial charge in [0.1, 0.15) is 30.2 Å². The third-order valence-electron chi connectivity index (χ3n) is 5.65. The number of aromatic amines is 1. The lowest BCUT2D eigenvalue weighted by Crippen LogP contribution is -2.60. The Morgan fingerprint density at radius 1 is 0.968 bits per heavy atom. The zero-order chi connectivity index (χ0) is 22.3. The van der Waals surface area contributed by atoms with Gasteiger partial charge in [0.15, 0.2) is 0 Å². The van der Waals surface area contributed by atoms with Crippen molar-refractivity contribution in [3.05, 3.63) is 64.1 Å². The Hall–Kier alpha value is -2.75. The summed E-state index contributed by atoms with van der Waals surface area (Å²) in [6, 6.07) is 11.3. The fraction of sp³-hybridized carbons (Fsp3) is 0.348. The number of benzene rings is 2. The second-order valence-electron chi connectivity index (χ2n) is 7.86. The SMILES string of the molecule is Cc1cc(-c2ccc3cc[nH]c(=O)c3c2)cc(C)c1OC1OC(CO)C(O)C(O)C1O. The first-order valence-electron chi connectivity index (χ1n) is 10.0. The van der Waals surface area contributed by atoms with Crippen molar-refractivity contribution < 1.29 is 29.9 Å². The molecule has 8 nitrogen and oxygen atoms in total. The molecular weight excluding hydrogens is 402 g/mol. The number of ether oxygens (including phenoxy) is 2. The summed E-state index contributed by atoms with van der Waals surface area (Å²) < 4.78 is 11.3. The van der Waals surface area contributed by atoms with E-state index in [2.05, 4.69) is 4.98 Å². The summed E-state index contributed by atoms with van der Waals surface area (Å²) in [7, 11) is 0. The smallest absolute Gasteiger partial charge is 0.255 e. The van der Waals surface area contributed by atoms with Crippen LogP contribution in [0.4, 0.5) is 0 Å². The molecular formula is C23H25NO7. The molecule has 1 fully saturated rings. The van der Waals surface area contributed by atoms with Crippen molar-refractivity contribution in [3.8, 4) is 16.9 Å². The second kappa shape index (κ2) is 8.41. The molecule has 1 saturated heterocycles. The van der Waals surface area contributed by atoms with Crippen LogP contribution in [0.25, 0.3) is 21.9 Å². The van der Waals surface area contributed by atoms with Crippen LogP contribution < -0.4 is 10.3 Å². The summed E-state index contributed by atoms with van der Waals surface area (Å²) in [6.07, 6.45) is -5.11. The second-order valence-corrected chi connectivity index (χ2v) is 7.86. The highest BCUT2D eigenvalue weighted by Gasteiger charge is 2.44. The van der Waals surface area contributed by atoms with E-state index in [-0.39, 0.29) is 5.56 Å². The van der Waals surface area contributed by atoms with E-state index in [0.29, 0.717) is 11.1 Å². The number of H-pyrrole nitrogens is 1. The van der Waals surface area contributed by atoms with Crippen LogP contribution in [0, 0.1) is 13.8 Å². The molecule has 2 heterocycles. The molecule has 0 saturated carbocycles. The predicted molar refractivity (Wildman–Crippen MR) is 114 cm³/mol. The zero-order valence-corrected chi connectivity index (χ0v) is 17.1. The standard InChI is InChI=1S/C23H25NO7/c1-11-7-15(14-4-3-13-5-6-24-22(29)16(13)9-14)8-12(2)21(11)31-23-20(28)19(27)18(26)17(10-25)30-23/h3-9,17-20,23,25-28H,10H2,1-2H3,(H,24,29). The molecule has 164 valence electrons. The molecule has 0 bridgehead atoms. The third kappa shape index (κ3) is 3.96. The van der Waals surface area contributed by atoms with Crippen molar-refractivity contribution in [2.75, 3.05) is 6.61 Å². The highest BCUT2D eigenvalue weighted by atomic mass is 16.7. The lowest BCUT2D eigenvalue weighted by Gasteiger charge is -2.39. The minimum Gasteiger partial charge on any atom is -0.461 e. The molecule has 0 radical (unpaired) electrons. The molecule has 0 spiro atoms. The average Bonchev–Trinajstić information content (AvgIpc) is 2.76. The van der Waals surface area contributed by atoms with Crippen LogP contribution in [0.2, 0.25) is 0 Å². The molecule has 8 heteroatoms. The van der Waals surface area contributed by atoms with Gasteiger partial charge in [-0.05, 0) is 65.8 Å². The number of aliphatic hydroxyl groups is 4. The number of hydrogen-bond acceptors (Lipinski definition) is 7. The lowest BCUT2D eigenvalue weighted by atomic mass is 9.97. The molecule has 3 aromatic rings. The number of pyridine rings is 1. The Balaban J connectivity index is 1.65. The molecule has 4 rings (SSSR count). The van der Waals surface area contributed by atoms with Gasteiger partial charge in [-0.15, -0.1) is 0 Å². The normalized spacial score (nSPS) is 26.2. The first kappa shape index (κ1) is 21.5. The minimum absolute atomic E-state index is 0.157. The van der Waals surface area contributed by atoms with Crippen molar-refractivity contribution >= 4 is 10.8 Å². The van der Waals surface area contributed by atoms with Gasteiger partial charge in [0.05, 0.1) is 6.61 Å². The molecule has 0 amide bonds. The van der Waals surface area contributed by atoms with E-state index in [1.165, 1.54) is 0 Å². The van der Waals surface area contributed by atoms with E-state index in [1.807, 2.05) is 50.2 Å². The van der Waals surface area contributed by atoms with Gasteiger partial charge in [-0.2, -0.15) is 0 Å². The maximum Gasteiger partial charge on any atom is 0.255 e. The Kier molecular flexibility index (Phi) is 5.83. The monoisotopic (exact) mass is 427 g/mol. The van der Waals surface area contributed by atoms with Gasteiger partial charge in [0.25, 0.3) is 5.56 Å². The molecule has 5 N–H and O–H groups in total. The number of aryl methyl sites for hydroxylation is 2. The van der Waals surface area contributed by atoms with E-state index in [9.17, 15) is 25.2 Å². The fourth-order valence-corrected chi connectivity index (χ4v) is 3.95. The number of rotatable bonds is 4. The number of fused-ring (bicyclic) bond motifs is 1. The Morgan fingerprint density at radius 2 is 1.68 bits per heavy atom. The van der Waals surface area contributed by atoms with Gasteiger partial charge in [-0.3, -0.25) is 4.79 Å². The van der Waals surface area contributed by atoms with Gasteiger partial charge in [0, 0.05) is 11.6 Å². The summed E-state index contributed by atoms with van der Waals surface area (Å²) in [5.74, 6) is 0.465. The Morgan fingerprint density at radius 3 is 2.35 bits per heavy atom. The summed E-state index contributed by atoms with van der Waals surface area (Å²) >= 11 is 0. The van der Waals surface area contributed by atoms with Gasteiger partial charge in [-0.25, -0.2) is 0 Å². The van der Waals surface area contributed by atoms with Crippen LogP contribution in [-0.4, -0.2) is 62.7 Å². The topological polar surface area (TPSA) is 132 Å². The van der Waals surface area contributed by atoms with Crippen LogP contribution >= 0.6 is 0 Å². The van der Waals surface area contributed by atoms with Gasteiger partial charge in [0.2, 0.25) is 6.29 Å². The van der Waals surface area contributed by atoms with E-state index in [1.54, 1.807) is 6.20 Å². The molecule has 5 unspecified atom stereocenters. The first-order valence-corrected chi connectivity index (χ1v) is 10.0. The Bertz CT molecular complexity index is 1130. The minimum atomic E-state index is -1.51. The van der Waals surface area contributed by atoms with E-state index in [4.69, 9.17) is 9.47 Å². The van der Waals surface area contributed by atoms with E-state index in [0.717, 1.165) is 27.6 Å². The molecule has 5 atom stereocenters. The highest BCUT2D eigenvalue weighted by Crippen LogP contribution is 2.33.